The quantitative estimate of drug-likeness (QED) is 0.740. The minimum absolute atomic E-state index is 0.0220. The molecule has 2 heterocycles. The lowest BCUT2D eigenvalue weighted by atomic mass is 9.88. The third-order valence-corrected chi connectivity index (χ3v) is 2.35. The fraction of sp³-hybridized carbons (Fsp3) is 0.455. The number of ether oxygens (including phenoxy) is 1. The number of aromatic nitrogens is 1. The minimum Gasteiger partial charge on any atom is -0.426 e. The van der Waals surface area contributed by atoms with Crippen molar-refractivity contribution in [3.05, 3.63) is 29.6 Å². The molecule has 0 saturated heterocycles. The van der Waals surface area contributed by atoms with E-state index in [9.17, 15) is 0 Å². The van der Waals surface area contributed by atoms with Crippen molar-refractivity contribution in [3.8, 4) is 0 Å². The maximum absolute atomic E-state index is 9.12. The summed E-state index contributed by atoms with van der Waals surface area (Å²) in [7, 11) is 0. The average molecular weight is 221 g/mol. The molecule has 0 aromatic carbocycles. The largest absolute Gasteiger partial charge is 0.426 e. The molecule has 5 heteroatoms. The standard InChI is InChI=1S/C11H15N3O2/c1-11(2,3)8-4-7(5-12-6-8)9-13-14-10(15)16-9/h4-6,10,14-15H,1-3H3. The Morgan fingerprint density at radius 1 is 1.38 bits per heavy atom. The Kier molecular flexibility index (Phi) is 2.55. The van der Waals surface area contributed by atoms with Crippen LogP contribution in [0.2, 0.25) is 0 Å². The van der Waals surface area contributed by atoms with Gasteiger partial charge in [-0.15, -0.1) is 5.10 Å². The molecular formula is C11H15N3O2. The highest BCUT2D eigenvalue weighted by molar-refractivity contribution is 5.94. The van der Waals surface area contributed by atoms with E-state index in [0.29, 0.717) is 5.90 Å². The number of nitrogens with one attached hydrogen (secondary N) is 1. The van der Waals surface area contributed by atoms with Crippen LogP contribution in [0.1, 0.15) is 31.9 Å². The molecule has 1 aromatic rings. The number of hydrogen-bond donors (Lipinski definition) is 2. The molecule has 1 aliphatic heterocycles. The van der Waals surface area contributed by atoms with Gasteiger partial charge in [0.05, 0.1) is 5.56 Å². The van der Waals surface area contributed by atoms with E-state index >= 15 is 0 Å². The Bertz CT molecular complexity index is 423. The summed E-state index contributed by atoms with van der Waals surface area (Å²) < 4.78 is 5.07. The molecule has 0 fully saturated rings. The van der Waals surface area contributed by atoms with E-state index in [-0.39, 0.29) is 5.41 Å². The Morgan fingerprint density at radius 3 is 2.69 bits per heavy atom. The summed E-state index contributed by atoms with van der Waals surface area (Å²) in [5.74, 6) is 0.367. The van der Waals surface area contributed by atoms with Gasteiger partial charge in [0.1, 0.15) is 0 Å². The van der Waals surface area contributed by atoms with Crippen LogP contribution in [-0.4, -0.2) is 22.4 Å². The summed E-state index contributed by atoms with van der Waals surface area (Å²) >= 11 is 0. The summed E-state index contributed by atoms with van der Waals surface area (Å²) in [6, 6.07) is 1.96. The number of nitrogens with zero attached hydrogens (tertiary/aromatic N) is 2. The molecule has 1 atom stereocenters. The van der Waals surface area contributed by atoms with Crippen LogP contribution in [0.25, 0.3) is 0 Å². The fourth-order valence-electron chi connectivity index (χ4n) is 1.37. The van der Waals surface area contributed by atoms with Gasteiger partial charge < -0.3 is 9.84 Å². The van der Waals surface area contributed by atoms with Crippen molar-refractivity contribution in [2.75, 3.05) is 0 Å². The van der Waals surface area contributed by atoms with Gasteiger partial charge in [-0.2, -0.15) is 0 Å². The summed E-state index contributed by atoms with van der Waals surface area (Å²) in [4.78, 5) is 4.15. The SMILES string of the molecule is CC(C)(C)c1cncc(C2=NNC(O)O2)c1. The predicted octanol–water partition coefficient (Wildman–Crippen LogP) is 0.936. The Hall–Kier alpha value is -1.62. The van der Waals surface area contributed by atoms with Crippen LogP contribution in [-0.2, 0) is 10.2 Å². The molecule has 0 amide bonds. The van der Waals surface area contributed by atoms with Gasteiger partial charge in [-0.3, -0.25) is 4.98 Å². The molecule has 86 valence electrons. The molecule has 0 saturated carbocycles. The lowest BCUT2D eigenvalue weighted by Gasteiger charge is -2.18. The number of aliphatic hydroxyl groups excluding tert-OH is 1. The first-order chi connectivity index (χ1) is 7.47. The zero-order valence-corrected chi connectivity index (χ0v) is 9.56. The molecule has 2 N–H and O–H groups in total. The number of hydrogen-bond acceptors (Lipinski definition) is 5. The lowest BCUT2D eigenvalue weighted by Crippen LogP contribution is -2.20. The van der Waals surface area contributed by atoms with Crippen molar-refractivity contribution in [2.45, 2.75) is 32.6 Å². The van der Waals surface area contributed by atoms with E-state index in [1.165, 1.54) is 0 Å². The van der Waals surface area contributed by atoms with Crippen molar-refractivity contribution >= 4 is 5.90 Å². The van der Waals surface area contributed by atoms with E-state index in [1.807, 2.05) is 12.3 Å². The normalized spacial score (nSPS) is 20.0. The zero-order valence-electron chi connectivity index (χ0n) is 9.56. The third-order valence-electron chi connectivity index (χ3n) is 2.35. The molecule has 1 aliphatic rings. The molecule has 2 rings (SSSR count). The van der Waals surface area contributed by atoms with Crippen molar-refractivity contribution in [2.24, 2.45) is 5.10 Å². The van der Waals surface area contributed by atoms with E-state index in [4.69, 9.17) is 9.84 Å². The van der Waals surface area contributed by atoms with Gasteiger partial charge in [-0.05, 0) is 17.0 Å². The highest BCUT2D eigenvalue weighted by Crippen LogP contribution is 2.22. The number of rotatable bonds is 1. The van der Waals surface area contributed by atoms with Gasteiger partial charge in [0.2, 0.25) is 5.90 Å². The van der Waals surface area contributed by atoms with Gasteiger partial charge in [0.15, 0.2) is 0 Å². The van der Waals surface area contributed by atoms with Crippen molar-refractivity contribution < 1.29 is 9.84 Å². The molecule has 1 unspecified atom stereocenters. The summed E-state index contributed by atoms with van der Waals surface area (Å²) in [5.41, 5.74) is 4.30. The first-order valence-corrected chi connectivity index (χ1v) is 5.11. The molecule has 1 aromatic heterocycles. The van der Waals surface area contributed by atoms with Crippen molar-refractivity contribution in [1.29, 1.82) is 0 Å². The van der Waals surface area contributed by atoms with Crippen LogP contribution >= 0.6 is 0 Å². The highest BCUT2D eigenvalue weighted by atomic mass is 16.6. The Labute approximate surface area is 94.2 Å². The molecule has 0 bridgehead atoms. The van der Waals surface area contributed by atoms with Crippen LogP contribution in [0.5, 0.6) is 0 Å². The molecule has 0 spiro atoms. The Balaban J connectivity index is 2.30. The summed E-state index contributed by atoms with van der Waals surface area (Å²) in [5, 5.41) is 13.0. The third kappa shape index (κ3) is 2.14. The van der Waals surface area contributed by atoms with Crippen LogP contribution in [0.15, 0.2) is 23.6 Å². The predicted molar refractivity (Wildman–Crippen MR) is 59.7 cm³/mol. The van der Waals surface area contributed by atoms with E-state index in [0.717, 1.165) is 11.1 Å². The molecule has 0 aliphatic carbocycles. The van der Waals surface area contributed by atoms with Crippen LogP contribution in [0.3, 0.4) is 0 Å². The van der Waals surface area contributed by atoms with Crippen molar-refractivity contribution in [1.82, 2.24) is 10.4 Å². The first kappa shape index (κ1) is 10.9. The van der Waals surface area contributed by atoms with E-state index in [2.05, 4.69) is 36.3 Å². The maximum Gasteiger partial charge on any atom is 0.295 e. The highest BCUT2D eigenvalue weighted by Gasteiger charge is 2.20. The van der Waals surface area contributed by atoms with Gasteiger partial charge in [0.25, 0.3) is 6.41 Å². The van der Waals surface area contributed by atoms with Gasteiger partial charge in [-0.25, -0.2) is 5.43 Å². The minimum atomic E-state index is -1.06. The second-order valence-corrected chi connectivity index (χ2v) is 4.73. The topological polar surface area (TPSA) is 66.7 Å². The van der Waals surface area contributed by atoms with E-state index < -0.39 is 6.41 Å². The number of hydrazone groups is 1. The summed E-state index contributed by atoms with van der Waals surface area (Å²) in [6.45, 7) is 6.33. The fourth-order valence-corrected chi connectivity index (χ4v) is 1.37. The summed E-state index contributed by atoms with van der Waals surface area (Å²) in [6.07, 6.45) is 2.42. The van der Waals surface area contributed by atoms with Gasteiger partial charge in [0, 0.05) is 12.4 Å². The number of pyridine rings is 1. The first-order valence-electron chi connectivity index (χ1n) is 5.11. The smallest absolute Gasteiger partial charge is 0.295 e. The Morgan fingerprint density at radius 2 is 2.12 bits per heavy atom. The van der Waals surface area contributed by atoms with Gasteiger partial charge in [-0.1, -0.05) is 20.8 Å². The van der Waals surface area contributed by atoms with Crippen molar-refractivity contribution in [3.63, 3.8) is 0 Å². The molecule has 5 nitrogen and oxygen atoms in total. The zero-order chi connectivity index (χ0) is 11.8. The second kappa shape index (κ2) is 3.75. The molecule has 16 heavy (non-hydrogen) atoms. The van der Waals surface area contributed by atoms with E-state index in [1.54, 1.807) is 6.20 Å². The number of aliphatic hydroxyl groups is 1. The van der Waals surface area contributed by atoms with Crippen LogP contribution < -0.4 is 5.43 Å². The van der Waals surface area contributed by atoms with Gasteiger partial charge >= 0.3 is 0 Å². The second-order valence-electron chi connectivity index (χ2n) is 4.73. The van der Waals surface area contributed by atoms with Crippen LogP contribution in [0.4, 0.5) is 0 Å². The maximum atomic E-state index is 9.12. The average Bonchev–Trinajstić information content (AvgIpc) is 2.64. The molecular weight excluding hydrogens is 206 g/mol. The van der Waals surface area contributed by atoms with Crippen LogP contribution in [0, 0.1) is 0 Å². The monoisotopic (exact) mass is 221 g/mol. The lowest BCUT2D eigenvalue weighted by molar-refractivity contribution is -0.0330. The molecule has 0 radical (unpaired) electrons.